The van der Waals surface area contributed by atoms with Crippen molar-refractivity contribution in [1.82, 2.24) is 10.2 Å². The molecule has 1 aliphatic rings. The number of carboxylic acid groups (broad SMARTS) is 1. The number of nitrogens with one attached hydrogen (secondary N) is 1. The number of rotatable bonds is 5. The highest BCUT2D eigenvalue weighted by Crippen LogP contribution is 2.19. The first kappa shape index (κ1) is 15.7. The van der Waals surface area contributed by atoms with E-state index in [9.17, 15) is 9.59 Å². The standard InChI is InChI=1S/C15H20N2O3S/c1-17-8-6-11(7-9-17)10-16-15(20)13-4-2-12(21-13)3-5-14(18)19/h2-5,11H,6-10H2,1H3,(H,16,20)(H,18,19). The van der Waals surface area contributed by atoms with Crippen LogP contribution in [0.2, 0.25) is 0 Å². The van der Waals surface area contributed by atoms with Gasteiger partial charge in [-0.1, -0.05) is 0 Å². The highest BCUT2D eigenvalue weighted by molar-refractivity contribution is 7.14. The van der Waals surface area contributed by atoms with Crippen molar-refractivity contribution in [3.05, 3.63) is 28.0 Å². The Balaban J connectivity index is 1.82. The predicted octanol–water partition coefficient (Wildman–Crippen LogP) is 1.92. The van der Waals surface area contributed by atoms with Crippen LogP contribution in [-0.4, -0.2) is 48.6 Å². The van der Waals surface area contributed by atoms with Crippen LogP contribution in [0.3, 0.4) is 0 Å². The lowest BCUT2D eigenvalue weighted by Crippen LogP contribution is -2.36. The Morgan fingerprint density at radius 2 is 2.14 bits per heavy atom. The number of hydrogen-bond donors (Lipinski definition) is 2. The van der Waals surface area contributed by atoms with Crippen LogP contribution in [0, 0.1) is 5.92 Å². The lowest BCUT2D eigenvalue weighted by atomic mass is 9.97. The Bertz CT molecular complexity index is 531. The van der Waals surface area contributed by atoms with E-state index in [1.54, 1.807) is 12.1 Å². The monoisotopic (exact) mass is 308 g/mol. The zero-order valence-corrected chi connectivity index (χ0v) is 12.9. The number of thiophene rings is 1. The fourth-order valence-corrected chi connectivity index (χ4v) is 3.14. The van der Waals surface area contributed by atoms with Crippen molar-refractivity contribution < 1.29 is 14.7 Å². The molecule has 114 valence electrons. The molecule has 0 spiro atoms. The maximum atomic E-state index is 12.1. The molecule has 0 radical (unpaired) electrons. The van der Waals surface area contributed by atoms with Gasteiger partial charge in [0.05, 0.1) is 4.88 Å². The molecule has 1 aromatic rings. The zero-order chi connectivity index (χ0) is 15.2. The van der Waals surface area contributed by atoms with Crippen LogP contribution in [0.15, 0.2) is 18.2 Å². The van der Waals surface area contributed by atoms with E-state index in [4.69, 9.17) is 5.11 Å². The third kappa shape index (κ3) is 4.99. The third-order valence-corrected chi connectivity index (χ3v) is 4.68. The molecule has 1 fully saturated rings. The van der Waals surface area contributed by atoms with Crippen LogP contribution in [0.1, 0.15) is 27.4 Å². The molecule has 6 heteroatoms. The van der Waals surface area contributed by atoms with Gasteiger partial charge in [0.2, 0.25) is 0 Å². The summed E-state index contributed by atoms with van der Waals surface area (Å²) in [7, 11) is 2.12. The number of carboxylic acids is 1. The van der Waals surface area contributed by atoms with Crippen LogP contribution < -0.4 is 5.32 Å². The van der Waals surface area contributed by atoms with Crippen molar-refractivity contribution >= 4 is 29.3 Å². The molecule has 0 aromatic carbocycles. The van der Waals surface area contributed by atoms with E-state index >= 15 is 0 Å². The number of amides is 1. The Morgan fingerprint density at radius 1 is 1.43 bits per heavy atom. The number of carbonyl (C=O) groups is 2. The summed E-state index contributed by atoms with van der Waals surface area (Å²) < 4.78 is 0. The molecule has 2 rings (SSSR count). The molecular weight excluding hydrogens is 288 g/mol. The minimum absolute atomic E-state index is 0.0751. The first-order valence-corrected chi connectivity index (χ1v) is 7.84. The fraction of sp³-hybridized carbons (Fsp3) is 0.467. The van der Waals surface area contributed by atoms with Gasteiger partial charge in [-0.15, -0.1) is 11.3 Å². The summed E-state index contributed by atoms with van der Waals surface area (Å²) in [6, 6.07) is 3.49. The minimum atomic E-state index is -0.989. The van der Waals surface area contributed by atoms with E-state index in [2.05, 4.69) is 17.3 Å². The summed E-state index contributed by atoms with van der Waals surface area (Å²) in [5.74, 6) is -0.512. The van der Waals surface area contributed by atoms with Crippen molar-refractivity contribution in [3.63, 3.8) is 0 Å². The number of aliphatic carboxylic acids is 1. The zero-order valence-electron chi connectivity index (χ0n) is 12.0. The van der Waals surface area contributed by atoms with E-state index < -0.39 is 5.97 Å². The molecule has 0 aliphatic carbocycles. The van der Waals surface area contributed by atoms with E-state index in [1.165, 1.54) is 17.4 Å². The lowest BCUT2D eigenvalue weighted by molar-refractivity contribution is -0.131. The van der Waals surface area contributed by atoms with Crippen LogP contribution in [0.5, 0.6) is 0 Å². The van der Waals surface area contributed by atoms with Crippen molar-refractivity contribution in [2.75, 3.05) is 26.7 Å². The number of hydrogen-bond acceptors (Lipinski definition) is 4. The molecule has 2 N–H and O–H groups in total. The van der Waals surface area contributed by atoms with Gasteiger partial charge >= 0.3 is 5.97 Å². The average Bonchev–Trinajstić information content (AvgIpc) is 2.93. The molecule has 0 atom stereocenters. The second-order valence-corrected chi connectivity index (χ2v) is 6.45. The third-order valence-electron chi connectivity index (χ3n) is 3.63. The smallest absolute Gasteiger partial charge is 0.328 e. The number of carbonyl (C=O) groups excluding carboxylic acids is 1. The molecule has 0 unspecified atom stereocenters. The molecule has 1 aliphatic heterocycles. The van der Waals surface area contributed by atoms with Crippen LogP contribution >= 0.6 is 11.3 Å². The van der Waals surface area contributed by atoms with Crippen molar-refractivity contribution in [2.45, 2.75) is 12.8 Å². The Hall–Kier alpha value is -1.66. The summed E-state index contributed by atoms with van der Waals surface area (Å²) in [6.07, 6.45) is 4.81. The van der Waals surface area contributed by atoms with Gasteiger partial charge < -0.3 is 15.3 Å². The second-order valence-electron chi connectivity index (χ2n) is 5.33. The summed E-state index contributed by atoms with van der Waals surface area (Å²) in [4.78, 5) is 26.2. The fourth-order valence-electron chi connectivity index (χ4n) is 2.31. The first-order chi connectivity index (χ1) is 10.0. The first-order valence-electron chi connectivity index (χ1n) is 7.02. The normalized spacial score (nSPS) is 17.2. The Morgan fingerprint density at radius 3 is 2.81 bits per heavy atom. The number of nitrogens with zero attached hydrogens (tertiary/aromatic N) is 1. The molecule has 1 aromatic heterocycles. The van der Waals surface area contributed by atoms with Gasteiger partial charge in [0.15, 0.2) is 0 Å². The Kier molecular flexibility index (Phi) is 5.52. The molecule has 1 saturated heterocycles. The minimum Gasteiger partial charge on any atom is -0.478 e. The van der Waals surface area contributed by atoms with E-state index in [-0.39, 0.29) is 5.91 Å². The molecule has 21 heavy (non-hydrogen) atoms. The molecule has 1 amide bonds. The number of likely N-dealkylation sites (tertiary alicyclic amines) is 1. The maximum Gasteiger partial charge on any atom is 0.328 e. The number of piperidine rings is 1. The van der Waals surface area contributed by atoms with Gasteiger partial charge in [0.25, 0.3) is 5.91 Å². The van der Waals surface area contributed by atoms with Gasteiger partial charge in [0.1, 0.15) is 0 Å². The molecular formula is C15H20N2O3S. The van der Waals surface area contributed by atoms with Crippen LogP contribution in [0.25, 0.3) is 6.08 Å². The van der Waals surface area contributed by atoms with E-state index in [0.29, 0.717) is 17.3 Å². The summed E-state index contributed by atoms with van der Waals surface area (Å²) in [5.41, 5.74) is 0. The second kappa shape index (κ2) is 7.38. The highest BCUT2D eigenvalue weighted by Gasteiger charge is 2.17. The topological polar surface area (TPSA) is 69.6 Å². The van der Waals surface area contributed by atoms with Crippen LogP contribution in [-0.2, 0) is 4.79 Å². The maximum absolute atomic E-state index is 12.1. The summed E-state index contributed by atoms with van der Waals surface area (Å²) in [5, 5.41) is 11.5. The molecule has 0 saturated carbocycles. The highest BCUT2D eigenvalue weighted by atomic mass is 32.1. The quantitative estimate of drug-likeness (QED) is 0.815. The molecule has 0 bridgehead atoms. The predicted molar refractivity (Wildman–Crippen MR) is 83.5 cm³/mol. The molecule has 5 nitrogen and oxygen atoms in total. The van der Waals surface area contributed by atoms with Gasteiger partial charge in [-0.2, -0.15) is 0 Å². The van der Waals surface area contributed by atoms with E-state index in [1.807, 2.05) is 0 Å². The van der Waals surface area contributed by atoms with Crippen LogP contribution in [0.4, 0.5) is 0 Å². The Labute approximate surface area is 128 Å². The summed E-state index contributed by atoms with van der Waals surface area (Å²) >= 11 is 1.30. The van der Waals surface area contributed by atoms with Gasteiger partial charge in [-0.3, -0.25) is 4.79 Å². The SMILES string of the molecule is CN1CCC(CNC(=O)c2ccc(C=CC(=O)O)s2)CC1. The van der Waals surface area contributed by atoms with Gasteiger partial charge in [-0.05, 0) is 57.1 Å². The van der Waals surface area contributed by atoms with Gasteiger partial charge in [0, 0.05) is 17.5 Å². The largest absolute Gasteiger partial charge is 0.478 e. The summed E-state index contributed by atoms with van der Waals surface area (Å²) in [6.45, 7) is 2.89. The molecule has 2 heterocycles. The van der Waals surface area contributed by atoms with Crippen molar-refractivity contribution in [1.29, 1.82) is 0 Å². The van der Waals surface area contributed by atoms with Crippen molar-refractivity contribution in [3.8, 4) is 0 Å². The van der Waals surface area contributed by atoms with Crippen molar-refractivity contribution in [2.24, 2.45) is 5.92 Å². The van der Waals surface area contributed by atoms with E-state index in [0.717, 1.165) is 36.9 Å². The average molecular weight is 308 g/mol. The lowest BCUT2D eigenvalue weighted by Gasteiger charge is -2.28. The van der Waals surface area contributed by atoms with Gasteiger partial charge in [-0.25, -0.2) is 4.79 Å².